The van der Waals surface area contributed by atoms with Crippen molar-refractivity contribution < 1.29 is 14.7 Å². The maximum Gasteiger partial charge on any atom is 0.274 e. The number of benzene rings is 2. The van der Waals surface area contributed by atoms with Crippen molar-refractivity contribution in [3.63, 3.8) is 0 Å². The van der Waals surface area contributed by atoms with Crippen LogP contribution in [0.1, 0.15) is 10.4 Å². The normalized spacial score (nSPS) is 13.8. The van der Waals surface area contributed by atoms with Crippen LogP contribution < -0.4 is 15.7 Å². The number of nitrogens with zero attached hydrogens (tertiary/aromatic N) is 3. The number of hydroxylamine groups is 1. The van der Waals surface area contributed by atoms with Crippen molar-refractivity contribution in [1.29, 1.82) is 0 Å². The van der Waals surface area contributed by atoms with Crippen molar-refractivity contribution >= 4 is 23.2 Å². The van der Waals surface area contributed by atoms with Crippen molar-refractivity contribution in [3.8, 4) is 11.3 Å². The highest BCUT2D eigenvalue weighted by molar-refractivity contribution is 5.93. The number of carbonyl (C=O) groups excluding carboxylic acids is 1. The van der Waals surface area contributed by atoms with Gasteiger partial charge in [0.2, 0.25) is 5.95 Å². The molecule has 2 heterocycles. The average molecular weight is 391 g/mol. The molecule has 0 unspecified atom stereocenters. The Morgan fingerprint density at radius 2 is 1.72 bits per heavy atom. The Bertz CT molecular complexity index is 970. The molecule has 1 aliphatic heterocycles. The highest BCUT2D eigenvalue weighted by Crippen LogP contribution is 2.22. The summed E-state index contributed by atoms with van der Waals surface area (Å²) in [6.07, 6.45) is 1.68. The number of hydrogen-bond acceptors (Lipinski definition) is 7. The van der Waals surface area contributed by atoms with E-state index in [2.05, 4.69) is 32.3 Å². The molecule has 3 N–H and O–H groups in total. The Morgan fingerprint density at radius 3 is 2.41 bits per heavy atom. The van der Waals surface area contributed by atoms with Crippen LogP contribution in [0.5, 0.6) is 0 Å². The number of amides is 1. The summed E-state index contributed by atoms with van der Waals surface area (Å²) >= 11 is 0. The number of aromatic nitrogens is 2. The fourth-order valence-corrected chi connectivity index (χ4v) is 3.14. The first-order valence-corrected chi connectivity index (χ1v) is 9.30. The number of ether oxygens (including phenoxy) is 1. The van der Waals surface area contributed by atoms with Gasteiger partial charge in [0.25, 0.3) is 5.91 Å². The van der Waals surface area contributed by atoms with Crippen LogP contribution in [0.4, 0.5) is 17.3 Å². The van der Waals surface area contributed by atoms with Gasteiger partial charge < -0.3 is 15.0 Å². The summed E-state index contributed by atoms with van der Waals surface area (Å²) in [7, 11) is 0. The molecule has 1 saturated heterocycles. The van der Waals surface area contributed by atoms with Crippen LogP contribution in [0.2, 0.25) is 0 Å². The lowest BCUT2D eigenvalue weighted by molar-refractivity contribution is 0.0706. The third kappa shape index (κ3) is 4.50. The molecule has 1 amide bonds. The van der Waals surface area contributed by atoms with Gasteiger partial charge in [-0.2, -0.15) is 0 Å². The van der Waals surface area contributed by atoms with Crippen LogP contribution in [0.25, 0.3) is 11.3 Å². The van der Waals surface area contributed by atoms with Gasteiger partial charge in [-0.15, -0.1) is 0 Å². The fraction of sp³-hybridized carbons (Fsp3) is 0.190. The molecule has 0 aliphatic carbocycles. The number of nitrogens with one attached hydrogen (secondary N) is 2. The van der Waals surface area contributed by atoms with Crippen molar-refractivity contribution in [2.24, 2.45) is 0 Å². The van der Waals surface area contributed by atoms with Crippen LogP contribution in [-0.4, -0.2) is 47.4 Å². The van der Waals surface area contributed by atoms with Crippen LogP contribution in [-0.2, 0) is 4.74 Å². The zero-order chi connectivity index (χ0) is 20.1. The summed E-state index contributed by atoms with van der Waals surface area (Å²) in [5, 5.41) is 11.9. The van der Waals surface area contributed by atoms with E-state index in [1.165, 1.54) is 5.69 Å². The van der Waals surface area contributed by atoms with Gasteiger partial charge in [-0.05, 0) is 42.5 Å². The molecule has 1 fully saturated rings. The van der Waals surface area contributed by atoms with Gasteiger partial charge in [-0.3, -0.25) is 10.0 Å². The van der Waals surface area contributed by atoms with E-state index in [-0.39, 0.29) is 0 Å². The quantitative estimate of drug-likeness (QED) is 0.454. The van der Waals surface area contributed by atoms with Gasteiger partial charge in [-0.25, -0.2) is 15.4 Å². The predicted octanol–water partition coefficient (Wildman–Crippen LogP) is 2.84. The van der Waals surface area contributed by atoms with Gasteiger partial charge in [0, 0.05) is 41.8 Å². The Balaban J connectivity index is 1.46. The molecule has 8 nitrogen and oxygen atoms in total. The van der Waals surface area contributed by atoms with E-state index in [0.717, 1.165) is 43.2 Å². The maximum atomic E-state index is 11.4. The highest BCUT2D eigenvalue weighted by atomic mass is 16.5. The second kappa shape index (κ2) is 8.68. The molecule has 0 bridgehead atoms. The number of carbonyl (C=O) groups is 1. The summed E-state index contributed by atoms with van der Waals surface area (Å²) in [6, 6.07) is 16.7. The molecule has 0 spiro atoms. The minimum atomic E-state index is -0.554. The second-order valence-corrected chi connectivity index (χ2v) is 6.56. The molecule has 0 saturated carbocycles. The summed E-state index contributed by atoms with van der Waals surface area (Å²) < 4.78 is 5.39. The number of hydrogen-bond donors (Lipinski definition) is 3. The van der Waals surface area contributed by atoms with E-state index < -0.39 is 5.91 Å². The molecule has 8 heteroatoms. The minimum absolute atomic E-state index is 0.365. The lowest BCUT2D eigenvalue weighted by Crippen LogP contribution is -2.36. The SMILES string of the molecule is O=C(NO)c1ccc(-c2ccnc(Nc3ccc(N4CCOCC4)cc3)n2)cc1. The van der Waals surface area contributed by atoms with E-state index in [1.54, 1.807) is 42.0 Å². The Labute approximate surface area is 168 Å². The third-order valence-corrected chi connectivity index (χ3v) is 4.70. The molecule has 0 atom stereocenters. The highest BCUT2D eigenvalue weighted by Gasteiger charge is 2.11. The third-order valence-electron chi connectivity index (χ3n) is 4.70. The van der Waals surface area contributed by atoms with Gasteiger partial charge in [0.1, 0.15) is 0 Å². The first kappa shape index (κ1) is 18.9. The smallest absolute Gasteiger partial charge is 0.274 e. The molecule has 148 valence electrons. The largest absolute Gasteiger partial charge is 0.378 e. The first-order valence-electron chi connectivity index (χ1n) is 9.30. The van der Waals surface area contributed by atoms with E-state index in [4.69, 9.17) is 9.94 Å². The van der Waals surface area contributed by atoms with E-state index in [1.807, 2.05) is 12.1 Å². The number of rotatable bonds is 5. The second-order valence-electron chi connectivity index (χ2n) is 6.56. The fourth-order valence-electron chi connectivity index (χ4n) is 3.14. The summed E-state index contributed by atoms with van der Waals surface area (Å²) in [5.41, 5.74) is 5.61. The van der Waals surface area contributed by atoms with Gasteiger partial charge in [0.15, 0.2) is 0 Å². The first-order chi connectivity index (χ1) is 14.2. The standard InChI is InChI=1S/C21H21N5O3/c27-20(25-28)16-3-1-15(2-4-16)19-9-10-22-21(24-19)23-17-5-7-18(8-6-17)26-11-13-29-14-12-26/h1-10,28H,11-14H2,(H,25,27)(H,22,23,24). The summed E-state index contributed by atoms with van der Waals surface area (Å²) in [5.74, 6) is -0.0686. The lowest BCUT2D eigenvalue weighted by Gasteiger charge is -2.28. The lowest BCUT2D eigenvalue weighted by atomic mass is 10.1. The number of anilines is 3. The van der Waals surface area contributed by atoms with Crippen LogP contribution in [0.15, 0.2) is 60.8 Å². The monoisotopic (exact) mass is 391 g/mol. The average Bonchev–Trinajstić information content (AvgIpc) is 2.80. The molecular weight excluding hydrogens is 370 g/mol. The Morgan fingerprint density at radius 1 is 1.00 bits per heavy atom. The van der Waals surface area contributed by atoms with Crippen molar-refractivity contribution in [3.05, 3.63) is 66.4 Å². The summed E-state index contributed by atoms with van der Waals surface area (Å²) in [6.45, 7) is 3.31. The number of morpholine rings is 1. The zero-order valence-electron chi connectivity index (χ0n) is 15.7. The molecule has 1 aromatic heterocycles. The zero-order valence-corrected chi connectivity index (χ0v) is 15.7. The van der Waals surface area contributed by atoms with Crippen molar-refractivity contribution in [2.75, 3.05) is 36.5 Å². The molecule has 0 radical (unpaired) electrons. The molecule has 1 aliphatic rings. The van der Waals surface area contributed by atoms with Crippen LogP contribution in [0, 0.1) is 0 Å². The predicted molar refractivity (Wildman–Crippen MR) is 109 cm³/mol. The molecule has 2 aromatic carbocycles. The van der Waals surface area contributed by atoms with E-state index in [0.29, 0.717) is 11.5 Å². The van der Waals surface area contributed by atoms with Crippen molar-refractivity contribution in [1.82, 2.24) is 15.4 Å². The summed E-state index contributed by atoms with van der Waals surface area (Å²) in [4.78, 5) is 22.6. The molecule has 3 aromatic rings. The topological polar surface area (TPSA) is 99.6 Å². The molecule has 4 rings (SSSR count). The Hall–Kier alpha value is -3.49. The van der Waals surface area contributed by atoms with E-state index in [9.17, 15) is 4.79 Å². The van der Waals surface area contributed by atoms with Gasteiger partial charge in [0.05, 0.1) is 18.9 Å². The maximum absolute atomic E-state index is 11.4. The molecule has 29 heavy (non-hydrogen) atoms. The van der Waals surface area contributed by atoms with Crippen LogP contribution in [0.3, 0.4) is 0 Å². The van der Waals surface area contributed by atoms with E-state index >= 15 is 0 Å². The minimum Gasteiger partial charge on any atom is -0.378 e. The Kier molecular flexibility index (Phi) is 5.64. The van der Waals surface area contributed by atoms with Gasteiger partial charge in [-0.1, -0.05) is 12.1 Å². The molecular formula is C21H21N5O3. The van der Waals surface area contributed by atoms with Crippen molar-refractivity contribution in [2.45, 2.75) is 0 Å². The van der Waals surface area contributed by atoms with Crippen LogP contribution >= 0.6 is 0 Å². The van der Waals surface area contributed by atoms with Gasteiger partial charge >= 0.3 is 0 Å².